The van der Waals surface area contributed by atoms with E-state index in [-0.39, 0.29) is 11.4 Å². The fourth-order valence-electron chi connectivity index (χ4n) is 1.40. The molecule has 1 aliphatic rings. The lowest BCUT2D eigenvalue weighted by atomic mass is 10.2. The number of benzene rings is 1. The van der Waals surface area contributed by atoms with Crippen molar-refractivity contribution in [3.05, 3.63) is 41.7 Å². The molecular weight excluding hydrogens is 222 g/mol. The number of aryl methyl sites for hydroxylation is 1. The van der Waals surface area contributed by atoms with Gasteiger partial charge in [0.25, 0.3) is 0 Å². The monoisotopic (exact) mass is 235 g/mol. The zero-order valence-electron chi connectivity index (χ0n) is 8.82. The Morgan fingerprint density at radius 2 is 1.94 bits per heavy atom. The van der Waals surface area contributed by atoms with Crippen LogP contribution in [0.25, 0.3) is 0 Å². The van der Waals surface area contributed by atoms with E-state index < -0.39 is 0 Å². The number of anilines is 1. The second-order valence-corrected chi connectivity index (χ2v) is 4.12. The van der Waals surface area contributed by atoms with Crippen LogP contribution in [0.3, 0.4) is 0 Å². The van der Waals surface area contributed by atoms with Crippen molar-refractivity contribution in [1.82, 2.24) is 10.6 Å². The number of thiol groups is 1. The second kappa shape index (κ2) is 4.49. The minimum absolute atomic E-state index is 0.159. The summed E-state index contributed by atoms with van der Waals surface area (Å²) >= 11 is 4.14. The Hall–Kier alpha value is -1.62. The summed E-state index contributed by atoms with van der Waals surface area (Å²) in [5.74, 6) is 0.487. The highest BCUT2D eigenvalue weighted by molar-refractivity contribution is 7.80. The van der Waals surface area contributed by atoms with Crippen LogP contribution in [0.2, 0.25) is 0 Å². The highest BCUT2D eigenvalue weighted by Crippen LogP contribution is 2.11. The number of hydrogen-bond donors (Lipinski definition) is 4. The summed E-state index contributed by atoms with van der Waals surface area (Å²) in [7, 11) is 0. The zero-order chi connectivity index (χ0) is 11.5. The van der Waals surface area contributed by atoms with Crippen LogP contribution in [0.5, 0.6) is 0 Å². The lowest BCUT2D eigenvalue weighted by Crippen LogP contribution is -2.46. The molecule has 0 saturated carbocycles. The largest absolute Gasteiger partial charge is 0.343 e. The average Bonchev–Trinajstić information content (AvgIpc) is 2.20. The van der Waals surface area contributed by atoms with Crippen molar-refractivity contribution in [1.29, 1.82) is 0 Å². The molecule has 4 nitrogen and oxygen atoms in total. The zero-order valence-corrected chi connectivity index (χ0v) is 9.71. The molecule has 1 aliphatic heterocycles. The van der Waals surface area contributed by atoms with Gasteiger partial charge in [0.2, 0.25) is 5.91 Å². The van der Waals surface area contributed by atoms with Gasteiger partial charge in [-0.25, -0.2) is 0 Å². The Balaban J connectivity index is 2.09. The Labute approximate surface area is 99.5 Å². The topological polar surface area (TPSA) is 53.2 Å². The molecule has 0 fully saturated rings. The van der Waals surface area contributed by atoms with Gasteiger partial charge >= 0.3 is 0 Å². The maximum atomic E-state index is 11.2. The Morgan fingerprint density at radius 3 is 2.56 bits per heavy atom. The third-order valence-electron chi connectivity index (χ3n) is 2.18. The molecule has 1 aromatic carbocycles. The molecule has 0 aliphatic carbocycles. The molecule has 84 valence electrons. The first-order valence-corrected chi connectivity index (χ1v) is 5.45. The SMILES string of the molecule is Cc1ccc(NC2=CC(=O)NC(S)N2)cc1. The van der Waals surface area contributed by atoms with Gasteiger partial charge in [-0.1, -0.05) is 17.7 Å². The fourth-order valence-corrected chi connectivity index (χ4v) is 1.66. The van der Waals surface area contributed by atoms with Gasteiger partial charge in [0.05, 0.1) is 0 Å². The van der Waals surface area contributed by atoms with Gasteiger partial charge in [-0.2, -0.15) is 0 Å². The summed E-state index contributed by atoms with van der Waals surface area (Å²) in [5, 5.41) is 8.70. The molecule has 0 spiro atoms. The normalized spacial score (nSPS) is 19.5. The number of carbonyl (C=O) groups excluding carboxylic acids is 1. The van der Waals surface area contributed by atoms with Crippen molar-refractivity contribution in [3.8, 4) is 0 Å². The second-order valence-electron chi connectivity index (χ2n) is 3.60. The van der Waals surface area contributed by atoms with Gasteiger partial charge < -0.3 is 16.0 Å². The molecular formula is C11H13N3OS. The van der Waals surface area contributed by atoms with Gasteiger partial charge in [0.15, 0.2) is 0 Å². The molecule has 5 heteroatoms. The van der Waals surface area contributed by atoms with E-state index >= 15 is 0 Å². The Bertz CT molecular complexity index is 427. The summed E-state index contributed by atoms with van der Waals surface area (Å²) in [6, 6.07) is 7.92. The van der Waals surface area contributed by atoms with Gasteiger partial charge in [0, 0.05) is 11.8 Å². The molecule has 0 radical (unpaired) electrons. The number of hydrogen-bond acceptors (Lipinski definition) is 4. The first-order chi connectivity index (χ1) is 7.63. The van der Waals surface area contributed by atoms with Crippen LogP contribution in [0.15, 0.2) is 36.2 Å². The first-order valence-electron chi connectivity index (χ1n) is 4.94. The molecule has 1 atom stereocenters. The highest BCUT2D eigenvalue weighted by Gasteiger charge is 2.14. The highest BCUT2D eigenvalue weighted by atomic mass is 32.1. The van der Waals surface area contributed by atoms with Gasteiger partial charge in [-0.3, -0.25) is 4.79 Å². The summed E-state index contributed by atoms with van der Waals surface area (Å²) in [6.45, 7) is 2.03. The van der Waals surface area contributed by atoms with Gasteiger partial charge in [0.1, 0.15) is 11.3 Å². The molecule has 0 saturated heterocycles. The minimum Gasteiger partial charge on any atom is -0.343 e. The number of carbonyl (C=O) groups is 1. The van der Waals surface area contributed by atoms with Crippen LogP contribution < -0.4 is 16.0 Å². The van der Waals surface area contributed by atoms with E-state index in [0.29, 0.717) is 5.82 Å². The molecule has 3 N–H and O–H groups in total. The third-order valence-corrected chi connectivity index (χ3v) is 2.44. The Kier molecular flexibility index (Phi) is 3.05. The molecule has 1 aromatic rings. The average molecular weight is 235 g/mol. The minimum atomic E-state index is -0.356. The smallest absolute Gasteiger partial charge is 0.249 e. The number of amides is 1. The molecule has 1 unspecified atom stereocenters. The molecule has 0 bridgehead atoms. The Morgan fingerprint density at radius 1 is 1.25 bits per heavy atom. The van der Waals surface area contributed by atoms with Crippen molar-refractivity contribution in [2.24, 2.45) is 0 Å². The molecule has 16 heavy (non-hydrogen) atoms. The molecule has 2 rings (SSSR count). The van der Waals surface area contributed by atoms with Gasteiger partial charge in [-0.15, -0.1) is 12.6 Å². The summed E-state index contributed by atoms with van der Waals surface area (Å²) in [4.78, 5) is 11.2. The van der Waals surface area contributed by atoms with Crippen molar-refractivity contribution in [2.45, 2.75) is 12.4 Å². The van der Waals surface area contributed by atoms with Crippen molar-refractivity contribution in [3.63, 3.8) is 0 Å². The van der Waals surface area contributed by atoms with E-state index in [1.165, 1.54) is 11.6 Å². The summed E-state index contributed by atoms with van der Waals surface area (Å²) in [5.41, 5.74) is 1.77. The first kappa shape index (κ1) is 10.9. The van der Waals surface area contributed by atoms with E-state index in [2.05, 4.69) is 28.6 Å². The number of rotatable bonds is 2. The van der Waals surface area contributed by atoms with E-state index in [0.717, 1.165) is 5.69 Å². The van der Waals surface area contributed by atoms with Crippen molar-refractivity contribution >= 4 is 24.2 Å². The maximum Gasteiger partial charge on any atom is 0.249 e. The predicted molar refractivity (Wildman–Crippen MR) is 66.9 cm³/mol. The summed E-state index contributed by atoms with van der Waals surface area (Å²) < 4.78 is 0. The maximum absolute atomic E-state index is 11.2. The standard InChI is InChI=1S/C11H13N3OS/c1-7-2-4-8(5-3-7)12-9-6-10(15)14-11(16)13-9/h2-6,11-13,16H,1H3,(H,14,15). The van der Waals surface area contributed by atoms with E-state index in [1.54, 1.807) is 0 Å². The van der Waals surface area contributed by atoms with Crippen LogP contribution in [0.4, 0.5) is 5.69 Å². The summed E-state index contributed by atoms with van der Waals surface area (Å²) in [6.07, 6.45) is 1.46. The molecule has 0 aromatic heterocycles. The van der Waals surface area contributed by atoms with Gasteiger partial charge in [-0.05, 0) is 19.1 Å². The van der Waals surface area contributed by atoms with Crippen molar-refractivity contribution < 1.29 is 4.79 Å². The van der Waals surface area contributed by atoms with Crippen LogP contribution in [0, 0.1) is 6.92 Å². The van der Waals surface area contributed by atoms with E-state index in [4.69, 9.17) is 0 Å². The van der Waals surface area contributed by atoms with E-state index in [1.807, 2.05) is 31.2 Å². The fraction of sp³-hybridized carbons (Fsp3) is 0.182. The molecule has 1 heterocycles. The predicted octanol–water partition coefficient (Wildman–Crippen LogP) is 1.18. The lowest BCUT2D eigenvalue weighted by molar-refractivity contribution is -0.117. The quantitative estimate of drug-likeness (QED) is 0.582. The third kappa shape index (κ3) is 2.70. The number of nitrogens with one attached hydrogen (secondary N) is 3. The van der Waals surface area contributed by atoms with E-state index in [9.17, 15) is 4.79 Å². The van der Waals surface area contributed by atoms with Crippen LogP contribution >= 0.6 is 12.6 Å². The van der Waals surface area contributed by atoms with Crippen LogP contribution in [-0.2, 0) is 4.79 Å². The van der Waals surface area contributed by atoms with Crippen LogP contribution in [0.1, 0.15) is 5.56 Å². The lowest BCUT2D eigenvalue weighted by Gasteiger charge is -2.23. The van der Waals surface area contributed by atoms with Crippen molar-refractivity contribution in [2.75, 3.05) is 5.32 Å². The van der Waals surface area contributed by atoms with Crippen LogP contribution in [-0.4, -0.2) is 11.4 Å². The molecule has 1 amide bonds.